The number of hydrogen-bond donors (Lipinski definition) is 2. The van der Waals surface area contributed by atoms with Crippen molar-refractivity contribution >= 4 is 16.8 Å². The van der Waals surface area contributed by atoms with Gasteiger partial charge >= 0.3 is 0 Å². The van der Waals surface area contributed by atoms with E-state index in [0.717, 1.165) is 29.9 Å². The van der Waals surface area contributed by atoms with Crippen molar-refractivity contribution in [2.24, 2.45) is 0 Å². The van der Waals surface area contributed by atoms with E-state index < -0.39 is 0 Å². The summed E-state index contributed by atoms with van der Waals surface area (Å²) in [4.78, 5) is 15.7. The van der Waals surface area contributed by atoms with Gasteiger partial charge in [-0.25, -0.2) is 0 Å². The molecule has 5 heteroatoms. The highest BCUT2D eigenvalue weighted by Gasteiger charge is 2.17. The summed E-state index contributed by atoms with van der Waals surface area (Å²) in [5.41, 5.74) is 2.39. The Labute approximate surface area is 153 Å². The van der Waals surface area contributed by atoms with Crippen LogP contribution >= 0.6 is 0 Å². The van der Waals surface area contributed by atoms with Gasteiger partial charge in [0.2, 0.25) is 5.91 Å². The number of benzene rings is 1. The fourth-order valence-electron chi connectivity index (χ4n) is 3.21. The molecular formula is C21H26N2O3. The number of fused-ring (bicyclic) bond motifs is 1. The lowest BCUT2D eigenvalue weighted by atomic mass is 10.1. The lowest BCUT2D eigenvalue weighted by molar-refractivity contribution is -0.122. The maximum atomic E-state index is 12.4. The number of aromatic amines is 1. The number of amides is 1. The molecule has 1 atom stereocenters. The van der Waals surface area contributed by atoms with Gasteiger partial charge in [0.1, 0.15) is 11.5 Å². The van der Waals surface area contributed by atoms with Gasteiger partial charge in [-0.15, -0.1) is 0 Å². The summed E-state index contributed by atoms with van der Waals surface area (Å²) in [6.07, 6.45) is 4.90. The van der Waals surface area contributed by atoms with Crippen LogP contribution < -0.4 is 5.32 Å². The second kappa shape index (κ2) is 8.72. The minimum absolute atomic E-state index is 0.0417. The van der Waals surface area contributed by atoms with E-state index in [4.69, 9.17) is 9.15 Å². The van der Waals surface area contributed by atoms with E-state index in [9.17, 15) is 4.79 Å². The van der Waals surface area contributed by atoms with Gasteiger partial charge in [-0.3, -0.25) is 4.79 Å². The van der Waals surface area contributed by atoms with E-state index in [1.54, 1.807) is 7.11 Å². The normalized spacial score (nSPS) is 12.4. The third-order valence-corrected chi connectivity index (χ3v) is 4.58. The van der Waals surface area contributed by atoms with Crippen molar-refractivity contribution in [2.45, 2.75) is 38.6 Å². The zero-order valence-electron chi connectivity index (χ0n) is 15.4. The van der Waals surface area contributed by atoms with Crippen LogP contribution in [0.4, 0.5) is 0 Å². The molecule has 0 bridgehead atoms. The third kappa shape index (κ3) is 4.55. The van der Waals surface area contributed by atoms with E-state index in [1.165, 1.54) is 10.9 Å². The molecule has 0 spiro atoms. The SMILES string of the molecule is COCCC(NC(=O)CCCc1c[nH]c2ccccc12)c1ccc(C)o1. The van der Waals surface area contributed by atoms with Crippen molar-refractivity contribution < 1.29 is 13.9 Å². The van der Waals surface area contributed by atoms with Gasteiger partial charge in [-0.2, -0.15) is 0 Å². The van der Waals surface area contributed by atoms with Crippen molar-refractivity contribution in [2.75, 3.05) is 13.7 Å². The van der Waals surface area contributed by atoms with Gasteiger partial charge in [0.25, 0.3) is 0 Å². The van der Waals surface area contributed by atoms with Crippen molar-refractivity contribution in [3.8, 4) is 0 Å². The first-order valence-electron chi connectivity index (χ1n) is 9.07. The van der Waals surface area contributed by atoms with E-state index in [1.807, 2.05) is 37.4 Å². The molecule has 2 N–H and O–H groups in total. The standard InChI is InChI=1S/C21H26N2O3/c1-15-10-11-20(26-15)19(12-13-25-2)23-21(24)9-5-6-16-14-22-18-8-4-3-7-17(16)18/h3-4,7-8,10-11,14,19,22H,5-6,9,12-13H2,1-2H3,(H,23,24). The minimum atomic E-state index is -0.149. The summed E-state index contributed by atoms with van der Waals surface area (Å²) in [5, 5.41) is 4.31. The van der Waals surface area contributed by atoms with Crippen molar-refractivity contribution in [3.63, 3.8) is 0 Å². The Bertz CT molecular complexity index is 850. The number of methoxy groups -OCH3 is 1. The highest BCUT2D eigenvalue weighted by Crippen LogP contribution is 2.21. The van der Waals surface area contributed by atoms with Gasteiger partial charge in [0.05, 0.1) is 6.04 Å². The topological polar surface area (TPSA) is 67.3 Å². The van der Waals surface area contributed by atoms with E-state index >= 15 is 0 Å². The molecule has 3 rings (SSSR count). The monoisotopic (exact) mass is 354 g/mol. The fourth-order valence-corrected chi connectivity index (χ4v) is 3.21. The van der Waals surface area contributed by atoms with Crippen molar-refractivity contribution in [1.82, 2.24) is 10.3 Å². The summed E-state index contributed by atoms with van der Waals surface area (Å²) in [5.74, 6) is 1.67. The van der Waals surface area contributed by atoms with Crippen LogP contribution in [0.25, 0.3) is 10.9 Å². The zero-order chi connectivity index (χ0) is 18.4. The molecule has 1 amide bonds. The molecule has 138 valence electrons. The summed E-state index contributed by atoms with van der Waals surface area (Å²) < 4.78 is 10.8. The molecule has 0 aliphatic rings. The number of para-hydroxylation sites is 1. The molecule has 0 aliphatic heterocycles. The van der Waals surface area contributed by atoms with Crippen LogP contribution in [-0.4, -0.2) is 24.6 Å². The molecule has 26 heavy (non-hydrogen) atoms. The van der Waals surface area contributed by atoms with Gasteiger partial charge in [-0.05, 0) is 49.9 Å². The van der Waals surface area contributed by atoms with Crippen LogP contribution in [0, 0.1) is 6.92 Å². The molecule has 2 aromatic heterocycles. The summed E-state index contributed by atoms with van der Waals surface area (Å²) in [7, 11) is 1.66. The second-order valence-electron chi connectivity index (χ2n) is 6.56. The molecule has 1 aromatic carbocycles. The first-order valence-corrected chi connectivity index (χ1v) is 9.07. The van der Waals surface area contributed by atoms with Crippen LogP contribution in [0.15, 0.2) is 47.0 Å². The van der Waals surface area contributed by atoms with Crippen LogP contribution in [0.1, 0.15) is 42.4 Å². The number of carbonyl (C=O) groups is 1. The Morgan fingerprint density at radius 3 is 2.88 bits per heavy atom. The number of aryl methyl sites for hydroxylation is 2. The Kier molecular flexibility index (Phi) is 6.12. The van der Waals surface area contributed by atoms with Gasteiger partial charge in [-0.1, -0.05) is 18.2 Å². The van der Waals surface area contributed by atoms with Crippen LogP contribution in [0.5, 0.6) is 0 Å². The number of nitrogens with one attached hydrogen (secondary N) is 2. The van der Waals surface area contributed by atoms with Crippen LogP contribution in [-0.2, 0) is 16.0 Å². The number of ether oxygens (including phenoxy) is 1. The van der Waals surface area contributed by atoms with Crippen molar-refractivity contribution in [3.05, 3.63) is 59.7 Å². The number of rotatable bonds is 9. The summed E-state index contributed by atoms with van der Waals surface area (Å²) >= 11 is 0. The van der Waals surface area contributed by atoms with Crippen LogP contribution in [0.2, 0.25) is 0 Å². The maximum absolute atomic E-state index is 12.4. The van der Waals surface area contributed by atoms with E-state index in [2.05, 4.69) is 22.4 Å². The first-order chi connectivity index (χ1) is 12.7. The molecule has 0 saturated heterocycles. The zero-order valence-corrected chi connectivity index (χ0v) is 15.4. The number of carbonyl (C=O) groups excluding carboxylic acids is 1. The van der Waals surface area contributed by atoms with Gasteiger partial charge in [0.15, 0.2) is 0 Å². The maximum Gasteiger partial charge on any atom is 0.220 e. The Hall–Kier alpha value is -2.53. The molecule has 0 aliphatic carbocycles. The molecule has 0 fully saturated rings. The summed E-state index contributed by atoms with van der Waals surface area (Å²) in [6.45, 7) is 2.47. The van der Waals surface area contributed by atoms with Crippen LogP contribution in [0.3, 0.4) is 0 Å². The lowest BCUT2D eigenvalue weighted by Crippen LogP contribution is -2.29. The summed E-state index contributed by atoms with van der Waals surface area (Å²) in [6, 6.07) is 11.9. The molecule has 0 radical (unpaired) electrons. The predicted octanol–water partition coefficient (Wildman–Crippen LogP) is 4.29. The highest BCUT2D eigenvalue weighted by atomic mass is 16.5. The fraction of sp³-hybridized carbons (Fsp3) is 0.381. The average molecular weight is 354 g/mol. The number of aromatic nitrogens is 1. The Morgan fingerprint density at radius 2 is 2.12 bits per heavy atom. The molecule has 1 unspecified atom stereocenters. The van der Waals surface area contributed by atoms with E-state index in [-0.39, 0.29) is 11.9 Å². The lowest BCUT2D eigenvalue weighted by Gasteiger charge is -2.16. The number of hydrogen-bond acceptors (Lipinski definition) is 3. The largest absolute Gasteiger partial charge is 0.464 e. The minimum Gasteiger partial charge on any atom is -0.464 e. The highest BCUT2D eigenvalue weighted by molar-refractivity contribution is 5.83. The molecule has 0 saturated carbocycles. The third-order valence-electron chi connectivity index (χ3n) is 4.58. The Balaban J connectivity index is 1.53. The molecule has 2 heterocycles. The Morgan fingerprint density at radius 1 is 1.27 bits per heavy atom. The number of H-pyrrole nitrogens is 1. The van der Waals surface area contributed by atoms with Crippen molar-refractivity contribution in [1.29, 1.82) is 0 Å². The first kappa shape index (κ1) is 18.3. The smallest absolute Gasteiger partial charge is 0.220 e. The molecular weight excluding hydrogens is 328 g/mol. The van der Waals surface area contributed by atoms with Gasteiger partial charge < -0.3 is 19.5 Å². The quantitative estimate of drug-likeness (QED) is 0.602. The molecule has 3 aromatic rings. The van der Waals surface area contributed by atoms with Gasteiger partial charge in [0, 0.05) is 37.2 Å². The molecule has 5 nitrogen and oxygen atoms in total. The van der Waals surface area contributed by atoms with E-state index in [0.29, 0.717) is 19.4 Å². The number of furan rings is 1. The second-order valence-corrected chi connectivity index (χ2v) is 6.56. The predicted molar refractivity (Wildman–Crippen MR) is 102 cm³/mol. The average Bonchev–Trinajstić information content (AvgIpc) is 3.25.